The van der Waals surface area contributed by atoms with Crippen LogP contribution in [-0.2, 0) is 0 Å². The number of carboxylic acid groups (broad SMARTS) is 1. The number of hydrogen-bond acceptors (Lipinski definition) is 4. The van der Waals surface area contributed by atoms with Crippen LogP contribution in [0.2, 0.25) is 0 Å². The Bertz CT molecular complexity index is 870. The molecule has 104 valence electrons. The maximum atomic E-state index is 11.2. The summed E-state index contributed by atoms with van der Waals surface area (Å²) >= 11 is 0. The molecule has 2 aromatic heterocycles. The summed E-state index contributed by atoms with van der Waals surface area (Å²) in [4.78, 5) is 26.5. The lowest BCUT2D eigenvalue weighted by Crippen LogP contribution is -2.12. The molecule has 3 aromatic rings. The number of carboxylic acids is 1. The molecule has 0 atom stereocenters. The molecule has 0 bridgehead atoms. The van der Waals surface area contributed by atoms with Gasteiger partial charge in [-0.25, -0.2) is 14.5 Å². The Balaban J connectivity index is 2.26. The summed E-state index contributed by atoms with van der Waals surface area (Å²) in [5.41, 5.74) is 5.39. The van der Waals surface area contributed by atoms with Crippen molar-refractivity contribution >= 4 is 22.6 Å². The number of nitrogens with two attached hydrogens (primary N) is 1. The molecule has 3 N–H and O–H groups in total. The number of rotatable bonds is 3. The van der Waals surface area contributed by atoms with Crippen LogP contribution in [-0.4, -0.2) is 31.7 Å². The molecule has 0 saturated heterocycles. The highest BCUT2D eigenvalue weighted by Crippen LogP contribution is 2.23. The van der Waals surface area contributed by atoms with Crippen LogP contribution < -0.4 is 5.73 Å². The van der Waals surface area contributed by atoms with E-state index < -0.39 is 11.9 Å². The van der Waals surface area contributed by atoms with Crippen molar-refractivity contribution in [2.24, 2.45) is 5.73 Å². The molecule has 0 aliphatic rings. The second-order valence-electron chi connectivity index (χ2n) is 4.36. The van der Waals surface area contributed by atoms with E-state index in [0.29, 0.717) is 16.6 Å². The van der Waals surface area contributed by atoms with Gasteiger partial charge in [0.1, 0.15) is 5.69 Å². The zero-order valence-electron chi connectivity index (χ0n) is 10.7. The number of aromatic nitrogens is 3. The predicted molar refractivity (Wildman–Crippen MR) is 74.3 cm³/mol. The van der Waals surface area contributed by atoms with Crippen LogP contribution in [0, 0.1) is 0 Å². The van der Waals surface area contributed by atoms with Gasteiger partial charge in [-0.2, -0.15) is 5.10 Å². The number of carbonyl (C=O) groups excluding carboxylic acids is 1. The van der Waals surface area contributed by atoms with Crippen LogP contribution in [0.3, 0.4) is 0 Å². The molecule has 0 saturated carbocycles. The van der Waals surface area contributed by atoms with Crippen molar-refractivity contribution in [3.63, 3.8) is 0 Å². The van der Waals surface area contributed by atoms with Gasteiger partial charge < -0.3 is 10.8 Å². The fourth-order valence-electron chi connectivity index (χ4n) is 2.10. The van der Waals surface area contributed by atoms with E-state index in [0.717, 1.165) is 0 Å². The van der Waals surface area contributed by atoms with Crippen molar-refractivity contribution < 1.29 is 14.7 Å². The summed E-state index contributed by atoms with van der Waals surface area (Å²) in [7, 11) is 0. The van der Waals surface area contributed by atoms with E-state index in [2.05, 4.69) is 10.1 Å². The topological polar surface area (TPSA) is 111 Å². The number of amides is 1. The maximum Gasteiger partial charge on any atom is 0.337 e. The lowest BCUT2D eigenvalue weighted by molar-refractivity contribution is 0.0698. The van der Waals surface area contributed by atoms with Crippen molar-refractivity contribution in [3.8, 4) is 5.82 Å². The summed E-state index contributed by atoms with van der Waals surface area (Å²) in [6.07, 6.45) is 2.82. The van der Waals surface area contributed by atoms with Gasteiger partial charge >= 0.3 is 5.97 Å². The quantitative estimate of drug-likeness (QED) is 0.750. The Morgan fingerprint density at radius 2 is 1.86 bits per heavy atom. The molecule has 0 unspecified atom stereocenters. The van der Waals surface area contributed by atoms with Gasteiger partial charge in [-0.15, -0.1) is 0 Å². The van der Waals surface area contributed by atoms with Gasteiger partial charge in [-0.1, -0.05) is 24.3 Å². The van der Waals surface area contributed by atoms with E-state index in [-0.39, 0.29) is 11.3 Å². The third-order valence-corrected chi connectivity index (χ3v) is 3.06. The second kappa shape index (κ2) is 4.71. The fourth-order valence-corrected chi connectivity index (χ4v) is 2.10. The Morgan fingerprint density at radius 3 is 2.48 bits per heavy atom. The smallest absolute Gasteiger partial charge is 0.337 e. The number of primary amides is 1. The highest BCUT2D eigenvalue weighted by molar-refractivity contribution is 6.05. The first-order valence-electron chi connectivity index (χ1n) is 6.05. The number of fused-ring (bicyclic) bond motifs is 1. The highest BCUT2D eigenvalue weighted by atomic mass is 16.4. The van der Waals surface area contributed by atoms with E-state index in [9.17, 15) is 14.7 Å². The molecule has 7 heteroatoms. The molecule has 21 heavy (non-hydrogen) atoms. The van der Waals surface area contributed by atoms with Crippen LogP contribution in [0.5, 0.6) is 0 Å². The number of hydrogen-bond donors (Lipinski definition) is 2. The van der Waals surface area contributed by atoms with Crippen molar-refractivity contribution in [3.05, 3.63) is 54.0 Å². The molecule has 0 spiro atoms. The summed E-state index contributed by atoms with van der Waals surface area (Å²) < 4.78 is 1.40. The summed E-state index contributed by atoms with van der Waals surface area (Å²) in [5, 5.41) is 14.4. The largest absolute Gasteiger partial charge is 0.478 e. The molecule has 7 nitrogen and oxygen atoms in total. The monoisotopic (exact) mass is 282 g/mol. The molecule has 1 amide bonds. The van der Waals surface area contributed by atoms with E-state index in [1.54, 1.807) is 30.5 Å². The van der Waals surface area contributed by atoms with Crippen molar-refractivity contribution in [2.45, 2.75) is 0 Å². The third kappa shape index (κ3) is 2.10. The first-order chi connectivity index (χ1) is 10.1. The second-order valence-corrected chi connectivity index (χ2v) is 4.36. The van der Waals surface area contributed by atoms with Crippen LogP contribution >= 0.6 is 0 Å². The number of carbonyl (C=O) groups is 2. The van der Waals surface area contributed by atoms with E-state index in [1.807, 2.05) is 0 Å². The molecule has 0 aliphatic carbocycles. The van der Waals surface area contributed by atoms with Gasteiger partial charge in [0.05, 0.1) is 5.56 Å². The molecule has 0 radical (unpaired) electrons. The van der Waals surface area contributed by atoms with Crippen LogP contribution in [0.1, 0.15) is 20.8 Å². The Labute approximate surface area is 118 Å². The normalized spacial score (nSPS) is 10.7. The van der Waals surface area contributed by atoms with Crippen molar-refractivity contribution in [1.29, 1.82) is 0 Å². The van der Waals surface area contributed by atoms with E-state index in [1.165, 1.54) is 16.9 Å². The zero-order valence-corrected chi connectivity index (χ0v) is 10.7. The molecule has 0 fully saturated rings. The number of pyridine rings is 1. The van der Waals surface area contributed by atoms with Gasteiger partial charge in [-0.3, -0.25) is 4.79 Å². The molecule has 1 aromatic carbocycles. The molecule has 3 rings (SSSR count). The predicted octanol–water partition coefficient (Wildman–Crippen LogP) is 1.22. The van der Waals surface area contributed by atoms with E-state index in [4.69, 9.17) is 5.73 Å². The van der Waals surface area contributed by atoms with Crippen molar-refractivity contribution in [1.82, 2.24) is 14.8 Å². The third-order valence-electron chi connectivity index (χ3n) is 3.06. The lowest BCUT2D eigenvalue weighted by Gasteiger charge is -2.07. The van der Waals surface area contributed by atoms with Crippen LogP contribution in [0.4, 0.5) is 0 Å². The Morgan fingerprint density at radius 1 is 1.14 bits per heavy atom. The number of benzene rings is 1. The first-order valence-corrected chi connectivity index (χ1v) is 6.05. The summed E-state index contributed by atoms with van der Waals surface area (Å²) in [5.74, 6) is -1.26. The Hall–Kier alpha value is -3.22. The maximum absolute atomic E-state index is 11.2. The molecule has 0 aliphatic heterocycles. The van der Waals surface area contributed by atoms with Gasteiger partial charge in [0.2, 0.25) is 0 Å². The summed E-state index contributed by atoms with van der Waals surface area (Å²) in [6.45, 7) is 0. The fraction of sp³-hybridized carbons (Fsp3) is 0. The first kappa shape index (κ1) is 12.8. The van der Waals surface area contributed by atoms with Crippen molar-refractivity contribution in [2.75, 3.05) is 0 Å². The zero-order chi connectivity index (χ0) is 15.0. The van der Waals surface area contributed by atoms with E-state index >= 15 is 0 Å². The SMILES string of the molecule is NC(=O)c1ccn(-c2ncc(C(=O)O)c3ccccc23)n1. The van der Waals surface area contributed by atoms with Gasteiger partial charge in [0.15, 0.2) is 5.82 Å². The average Bonchev–Trinajstić information content (AvgIpc) is 2.95. The minimum Gasteiger partial charge on any atom is -0.478 e. The standard InChI is InChI=1S/C14H10N4O3/c15-12(19)11-5-6-18(17-11)13-9-4-2-1-3-8(9)10(7-16-13)14(20)21/h1-7H,(H2,15,19)(H,20,21). The Kier molecular flexibility index (Phi) is 2.87. The molecular weight excluding hydrogens is 272 g/mol. The lowest BCUT2D eigenvalue weighted by atomic mass is 10.1. The molecular formula is C14H10N4O3. The van der Waals surface area contributed by atoms with Crippen LogP contribution in [0.15, 0.2) is 42.7 Å². The van der Waals surface area contributed by atoms with Crippen LogP contribution in [0.25, 0.3) is 16.6 Å². The number of aromatic carboxylic acids is 1. The minimum absolute atomic E-state index is 0.108. The summed E-state index contributed by atoms with van der Waals surface area (Å²) in [6, 6.07) is 8.44. The average molecular weight is 282 g/mol. The molecule has 2 heterocycles. The van der Waals surface area contributed by atoms with Gasteiger partial charge in [0.25, 0.3) is 5.91 Å². The minimum atomic E-state index is -1.05. The van der Waals surface area contributed by atoms with Gasteiger partial charge in [0, 0.05) is 23.2 Å². The van der Waals surface area contributed by atoms with Gasteiger partial charge in [-0.05, 0) is 6.07 Å². The highest BCUT2D eigenvalue weighted by Gasteiger charge is 2.14. The number of nitrogens with zero attached hydrogens (tertiary/aromatic N) is 3.